The van der Waals surface area contributed by atoms with Crippen LogP contribution in [-0.4, -0.2) is 17.6 Å². The average Bonchev–Trinajstić information content (AvgIpc) is 2.89. The van der Waals surface area contributed by atoms with Crippen molar-refractivity contribution in [3.63, 3.8) is 0 Å². The quantitative estimate of drug-likeness (QED) is 0.798. The molecule has 1 aromatic heterocycles. The number of nitrogens with zero attached hydrogens (tertiary/aromatic N) is 1. The average molecular weight is 280 g/mol. The third kappa shape index (κ3) is 2.36. The van der Waals surface area contributed by atoms with E-state index in [9.17, 15) is 4.79 Å². The lowest BCUT2D eigenvalue weighted by molar-refractivity contribution is 0.102. The van der Waals surface area contributed by atoms with Gasteiger partial charge in [0, 0.05) is 18.6 Å². The van der Waals surface area contributed by atoms with Crippen LogP contribution in [0.15, 0.2) is 54.7 Å². The molecule has 1 heterocycles. The molecule has 4 heteroatoms. The Morgan fingerprint density at radius 1 is 1.10 bits per heavy atom. The van der Waals surface area contributed by atoms with Crippen LogP contribution in [0.25, 0.3) is 10.9 Å². The number of amides is 1. The molecule has 3 aromatic rings. The fraction of sp³-hybridized carbons (Fsp3) is 0.118. The normalized spacial score (nSPS) is 10.6. The van der Waals surface area contributed by atoms with E-state index in [1.807, 2.05) is 66.3 Å². The summed E-state index contributed by atoms with van der Waals surface area (Å²) in [4.78, 5) is 12.6. The van der Waals surface area contributed by atoms with Crippen LogP contribution in [0.4, 0.5) is 5.69 Å². The Kier molecular flexibility index (Phi) is 3.36. The van der Waals surface area contributed by atoms with Crippen LogP contribution >= 0.6 is 0 Å². The molecule has 2 aromatic carbocycles. The number of fused-ring (bicyclic) bond motifs is 1. The van der Waals surface area contributed by atoms with E-state index < -0.39 is 0 Å². The molecule has 1 N–H and O–H groups in total. The van der Waals surface area contributed by atoms with E-state index in [2.05, 4.69) is 5.32 Å². The first-order chi connectivity index (χ1) is 10.2. The molecule has 0 bridgehead atoms. The van der Waals surface area contributed by atoms with E-state index in [1.54, 1.807) is 7.11 Å². The van der Waals surface area contributed by atoms with Crippen molar-refractivity contribution in [2.75, 3.05) is 12.4 Å². The van der Waals surface area contributed by atoms with Crippen molar-refractivity contribution in [1.82, 2.24) is 4.57 Å². The van der Waals surface area contributed by atoms with Crippen molar-refractivity contribution in [2.45, 2.75) is 0 Å². The molecule has 0 saturated carbocycles. The maximum Gasteiger partial charge on any atom is 0.257 e. The lowest BCUT2D eigenvalue weighted by Crippen LogP contribution is -2.13. The largest absolute Gasteiger partial charge is 0.495 e. The Morgan fingerprint density at radius 3 is 2.71 bits per heavy atom. The van der Waals surface area contributed by atoms with Gasteiger partial charge in [0.05, 0.1) is 23.9 Å². The Morgan fingerprint density at radius 2 is 1.90 bits per heavy atom. The standard InChI is InChI=1S/C17H16N2O2/c1-19-11-10-12-6-5-7-13(16(12)19)17(20)18-14-8-3-4-9-15(14)21-2/h3-11H,1-2H3,(H,18,20). The van der Waals surface area contributed by atoms with Gasteiger partial charge in [-0.15, -0.1) is 0 Å². The maximum atomic E-state index is 12.6. The molecule has 1 amide bonds. The number of carbonyl (C=O) groups is 1. The number of methoxy groups -OCH3 is 1. The summed E-state index contributed by atoms with van der Waals surface area (Å²) in [6, 6.07) is 15.1. The first-order valence-electron chi connectivity index (χ1n) is 6.69. The number of aryl methyl sites for hydroxylation is 1. The van der Waals surface area contributed by atoms with Crippen LogP contribution < -0.4 is 10.1 Å². The molecule has 0 unspecified atom stereocenters. The van der Waals surface area contributed by atoms with Gasteiger partial charge in [0.1, 0.15) is 5.75 Å². The van der Waals surface area contributed by atoms with E-state index in [0.717, 1.165) is 10.9 Å². The molecule has 106 valence electrons. The summed E-state index contributed by atoms with van der Waals surface area (Å²) >= 11 is 0. The number of hydrogen-bond acceptors (Lipinski definition) is 2. The Hall–Kier alpha value is -2.75. The smallest absolute Gasteiger partial charge is 0.257 e. The van der Waals surface area contributed by atoms with Gasteiger partial charge in [0.25, 0.3) is 5.91 Å². The second-order valence-electron chi connectivity index (χ2n) is 4.82. The number of anilines is 1. The minimum Gasteiger partial charge on any atom is -0.495 e. The van der Waals surface area contributed by atoms with Crippen molar-refractivity contribution >= 4 is 22.5 Å². The van der Waals surface area contributed by atoms with E-state index >= 15 is 0 Å². The number of aromatic nitrogens is 1. The molecule has 0 aliphatic heterocycles. The highest BCUT2D eigenvalue weighted by atomic mass is 16.5. The van der Waals surface area contributed by atoms with Gasteiger partial charge in [-0.25, -0.2) is 0 Å². The summed E-state index contributed by atoms with van der Waals surface area (Å²) in [7, 11) is 3.52. The van der Waals surface area contributed by atoms with Crippen molar-refractivity contribution in [3.8, 4) is 5.75 Å². The highest BCUT2D eigenvalue weighted by Gasteiger charge is 2.14. The zero-order chi connectivity index (χ0) is 14.8. The third-order valence-electron chi connectivity index (χ3n) is 3.50. The zero-order valence-electron chi connectivity index (χ0n) is 12.0. The highest BCUT2D eigenvalue weighted by Crippen LogP contribution is 2.25. The zero-order valence-corrected chi connectivity index (χ0v) is 12.0. The molecule has 0 saturated heterocycles. The van der Waals surface area contributed by atoms with Crippen molar-refractivity contribution in [2.24, 2.45) is 7.05 Å². The highest BCUT2D eigenvalue weighted by molar-refractivity contribution is 6.12. The predicted octanol–water partition coefficient (Wildman–Crippen LogP) is 3.44. The Balaban J connectivity index is 2.00. The molecule has 3 rings (SSSR count). The first kappa shape index (κ1) is 13.2. The Bertz CT molecular complexity index is 805. The number of hydrogen-bond donors (Lipinski definition) is 1. The third-order valence-corrected chi connectivity index (χ3v) is 3.50. The van der Waals surface area contributed by atoms with Gasteiger partial charge in [0.2, 0.25) is 0 Å². The minimum atomic E-state index is -0.146. The van der Waals surface area contributed by atoms with E-state index in [-0.39, 0.29) is 5.91 Å². The monoisotopic (exact) mass is 280 g/mol. The lowest BCUT2D eigenvalue weighted by atomic mass is 10.1. The van der Waals surface area contributed by atoms with Gasteiger partial charge in [0.15, 0.2) is 0 Å². The van der Waals surface area contributed by atoms with Gasteiger partial charge in [-0.1, -0.05) is 24.3 Å². The molecule has 21 heavy (non-hydrogen) atoms. The SMILES string of the molecule is COc1ccccc1NC(=O)c1cccc2ccn(C)c12. The molecule has 4 nitrogen and oxygen atoms in total. The summed E-state index contributed by atoms with van der Waals surface area (Å²) < 4.78 is 7.21. The van der Waals surface area contributed by atoms with Crippen LogP contribution in [0.1, 0.15) is 10.4 Å². The predicted molar refractivity (Wildman–Crippen MR) is 83.9 cm³/mol. The van der Waals surface area contributed by atoms with Crippen LogP contribution in [0.3, 0.4) is 0 Å². The van der Waals surface area contributed by atoms with Crippen LogP contribution in [0, 0.1) is 0 Å². The van der Waals surface area contributed by atoms with Crippen LogP contribution in [-0.2, 0) is 7.05 Å². The van der Waals surface area contributed by atoms with Gasteiger partial charge in [-0.3, -0.25) is 4.79 Å². The topological polar surface area (TPSA) is 43.3 Å². The van der Waals surface area contributed by atoms with Crippen molar-refractivity contribution in [3.05, 3.63) is 60.3 Å². The van der Waals surface area contributed by atoms with E-state index in [0.29, 0.717) is 17.0 Å². The van der Waals surface area contributed by atoms with Crippen LogP contribution in [0.5, 0.6) is 5.75 Å². The summed E-state index contributed by atoms with van der Waals surface area (Å²) in [5, 5.41) is 3.96. The number of rotatable bonds is 3. The molecule has 0 fully saturated rings. The van der Waals surface area contributed by atoms with E-state index in [4.69, 9.17) is 4.74 Å². The maximum absolute atomic E-state index is 12.6. The number of nitrogens with one attached hydrogen (secondary N) is 1. The molecule has 0 atom stereocenters. The van der Waals surface area contributed by atoms with Gasteiger partial charge in [-0.05, 0) is 24.3 Å². The second-order valence-corrected chi connectivity index (χ2v) is 4.82. The molecule has 0 radical (unpaired) electrons. The van der Waals surface area contributed by atoms with E-state index in [1.165, 1.54) is 0 Å². The molecule has 0 aliphatic carbocycles. The fourth-order valence-corrected chi connectivity index (χ4v) is 2.48. The number of carbonyl (C=O) groups excluding carboxylic acids is 1. The van der Waals surface area contributed by atoms with Crippen LogP contribution in [0.2, 0.25) is 0 Å². The molecular weight excluding hydrogens is 264 g/mol. The Labute approximate surface area is 123 Å². The van der Waals surface area contributed by atoms with Crippen molar-refractivity contribution in [1.29, 1.82) is 0 Å². The van der Waals surface area contributed by atoms with Gasteiger partial charge < -0.3 is 14.6 Å². The number of para-hydroxylation sites is 3. The second kappa shape index (κ2) is 5.32. The van der Waals surface area contributed by atoms with Gasteiger partial charge >= 0.3 is 0 Å². The number of ether oxygens (including phenoxy) is 1. The first-order valence-corrected chi connectivity index (χ1v) is 6.69. The van der Waals surface area contributed by atoms with Gasteiger partial charge in [-0.2, -0.15) is 0 Å². The van der Waals surface area contributed by atoms with Crippen molar-refractivity contribution < 1.29 is 9.53 Å². The summed E-state index contributed by atoms with van der Waals surface area (Å²) in [6.45, 7) is 0. The summed E-state index contributed by atoms with van der Waals surface area (Å²) in [5.74, 6) is 0.497. The summed E-state index contributed by atoms with van der Waals surface area (Å²) in [6.07, 6.45) is 1.95. The minimum absolute atomic E-state index is 0.146. The summed E-state index contributed by atoms with van der Waals surface area (Å²) in [5.41, 5.74) is 2.23. The molecule has 0 aliphatic rings. The fourth-order valence-electron chi connectivity index (χ4n) is 2.48. The lowest BCUT2D eigenvalue weighted by Gasteiger charge is -2.11. The number of benzene rings is 2. The molecular formula is C17H16N2O2. The molecule has 0 spiro atoms.